The van der Waals surface area contributed by atoms with E-state index in [1.165, 1.54) is 11.1 Å². The molecule has 8 aromatic carbocycles. The average Bonchev–Trinajstić information content (AvgIpc) is 3.76. The lowest BCUT2D eigenvalue weighted by atomic mass is 9.60. The average molecular weight is 743 g/mol. The van der Waals surface area contributed by atoms with E-state index in [1.54, 1.807) is 0 Å². The molecule has 1 spiro atoms. The minimum atomic E-state index is -0.792. The zero-order valence-electron chi connectivity index (χ0n) is 31.3. The van der Waals surface area contributed by atoms with Gasteiger partial charge in [0.2, 0.25) is 5.58 Å². The number of nitrogens with zero attached hydrogens (tertiary/aromatic N) is 2. The van der Waals surface area contributed by atoms with Crippen molar-refractivity contribution in [3.8, 4) is 39.3 Å². The van der Waals surface area contributed by atoms with Gasteiger partial charge in [0.05, 0.1) is 28.0 Å². The number of furan rings is 1. The molecule has 0 saturated heterocycles. The molecule has 272 valence electrons. The standard InChI is InChI=1S/C54H34N2O2/c57-53-52-42(34-50(58-52)38-19-8-3-9-20-38)41-21-14-24-45-51(41)56(53)48-26-13-11-23-44(48)54(45)43-22-10-12-25-47(43)55(40-30-27-37(28-31-40)35-15-4-1-5-16-35)49-32-29-39(33-46(49)54)36-17-6-2-7-18-36/h1-34H. The summed E-state index contributed by atoms with van der Waals surface area (Å²) in [5, 5.41) is 1.79. The quantitative estimate of drug-likeness (QED) is 0.180. The lowest BCUT2D eigenvalue weighted by Gasteiger charge is -2.49. The Labute approximate surface area is 335 Å². The highest BCUT2D eigenvalue weighted by Crippen LogP contribution is 2.61. The molecule has 2 aliphatic rings. The molecule has 0 aliphatic carbocycles. The van der Waals surface area contributed by atoms with Gasteiger partial charge in [0.25, 0.3) is 5.56 Å². The highest BCUT2D eigenvalue weighted by Gasteiger charge is 2.51. The van der Waals surface area contributed by atoms with Crippen LogP contribution in [0, 0.1) is 0 Å². The van der Waals surface area contributed by atoms with Crippen molar-refractivity contribution in [3.05, 3.63) is 239 Å². The molecule has 0 amide bonds. The van der Waals surface area contributed by atoms with E-state index in [0.29, 0.717) is 11.3 Å². The summed E-state index contributed by atoms with van der Waals surface area (Å²) in [5.74, 6) is 0.675. The number of anilines is 3. The van der Waals surface area contributed by atoms with Crippen molar-refractivity contribution in [2.45, 2.75) is 5.41 Å². The Bertz CT molecular complexity index is 3290. The van der Waals surface area contributed by atoms with Crippen molar-refractivity contribution < 1.29 is 4.42 Å². The van der Waals surface area contributed by atoms with Crippen LogP contribution in [-0.2, 0) is 5.41 Å². The van der Waals surface area contributed by atoms with Gasteiger partial charge in [0, 0.05) is 22.0 Å². The van der Waals surface area contributed by atoms with Crippen molar-refractivity contribution in [3.63, 3.8) is 0 Å². The second-order valence-corrected chi connectivity index (χ2v) is 15.2. The van der Waals surface area contributed by atoms with Crippen LogP contribution in [0.15, 0.2) is 215 Å². The Balaban J connectivity index is 1.20. The fraction of sp³-hybridized carbons (Fsp3) is 0.0185. The van der Waals surface area contributed by atoms with Crippen LogP contribution in [0.4, 0.5) is 17.1 Å². The number of hydrogen-bond donors (Lipinski definition) is 0. The fourth-order valence-corrected chi connectivity index (χ4v) is 9.76. The number of para-hydroxylation sites is 3. The SMILES string of the molecule is O=c1c2oc(-c3ccccc3)cc2c2cccc3c2n1-c1ccccc1C31c2ccccc2N(c2ccc(-c3ccccc3)cc2)c2ccc(-c3ccccc3)cc21. The summed E-state index contributed by atoms with van der Waals surface area (Å²) in [6.45, 7) is 0. The molecule has 0 bridgehead atoms. The first-order chi connectivity index (χ1) is 28.7. The molecule has 0 N–H and O–H groups in total. The number of hydrogen-bond acceptors (Lipinski definition) is 3. The number of aromatic nitrogens is 1. The van der Waals surface area contributed by atoms with Gasteiger partial charge in [0.1, 0.15) is 5.76 Å². The van der Waals surface area contributed by atoms with E-state index in [0.717, 1.165) is 78.0 Å². The summed E-state index contributed by atoms with van der Waals surface area (Å²) in [4.78, 5) is 17.4. The molecule has 0 fully saturated rings. The summed E-state index contributed by atoms with van der Waals surface area (Å²) in [5.41, 5.74) is 14.4. The molecule has 12 rings (SSSR count). The van der Waals surface area contributed by atoms with Crippen LogP contribution in [0.3, 0.4) is 0 Å². The van der Waals surface area contributed by atoms with E-state index in [-0.39, 0.29) is 5.56 Å². The number of pyridine rings is 1. The first kappa shape index (κ1) is 32.5. The first-order valence-corrected chi connectivity index (χ1v) is 19.7. The monoisotopic (exact) mass is 742 g/mol. The second-order valence-electron chi connectivity index (χ2n) is 15.2. The zero-order valence-corrected chi connectivity index (χ0v) is 31.3. The molecule has 4 heterocycles. The van der Waals surface area contributed by atoms with Crippen molar-refractivity contribution >= 4 is 38.9 Å². The van der Waals surface area contributed by atoms with Crippen molar-refractivity contribution in [1.82, 2.24) is 4.57 Å². The Hall–Kier alpha value is -7.69. The van der Waals surface area contributed by atoms with Crippen molar-refractivity contribution in [1.29, 1.82) is 0 Å². The Kier molecular flexibility index (Phi) is 6.96. The smallest absolute Gasteiger partial charge is 0.299 e. The molecular formula is C54H34N2O2. The van der Waals surface area contributed by atoms with Gasteiger partial charge >= 0.3 is 0 Å². The van der Waals surface area contributed by atoms with E-state index in [4.69, 9.17) is 4.42 Å². The normalized spacial score (nSPS) is 15.0. The van der Waals surface area contributed by atoms with Crippen LogP contribution < -0.4 is 10.5 Å². The molecule has 4 heteroatoms. The van der Waals surface area contributed by atoms with Crippen LogP contribution in [0.2, 0.25) is 0 Å². The second kappa shape index (κ2) is 12.4. The summed E-state index contributed by atoms with van der Waals surface area (Å²) < 4.78 is 8.39. The lowest BCUT2D eigenvalue weighted by Crippen LogP contribution is -2.42. The third-order valence-electron chi connectivity index (χ3n) is 12.2. The largest absolute Gasteiger partial charge is 0.450 e. The number of rotatable bonds is 4. The predicted octanol–water partition coefficient (Wildman–Crippen LogP) is 13.2. The van der Waals surface area contributed by atoms with E-state index in [2.05, 4.69) is 169 Å². The summed E-state index contributed by atoms with van der Waals surface area (Å²) in [7, 11) is 0. The van der Waals surface area contributed by atoms with Crippen LogP contribution >= 0.6 is 0 Å². The molecular weight excluding hydrogens is 709 g/mol. The van der Waals surface area contributed by atoms with Gasteiger partial charge in [-0.3, -0.25) is 9.36 Å². The first-order valence-electron chi connectivity index (χ1n) is 19.7. The number of benzene rings is 8. The van der Waals surface area contributed by atoms with E-state index in [9.17, 15) is 4.79 Å². The van der Waals surface area contributed by atoms with Crippen LogP contribution in [0.5, 0.6) is 0 Å². The molecule has 1 unspecified atom stereocenters. The van der Waals surface area contributed by atoms with Gasteiger partial charge < -0.3 is 9.32 Å². The Morgan fingerprint density at radius 2 is 0.931 bits per heavy atom. The van der Waals surface area contributed by atoms with Crippen LogP contribution in [-0.4, -0.2) is 4.57 Å². The summed E-state index contributed by atoms with van der Waals surface area (Å²) in [6, 6.07) is 72.8. The van der Waals surface area contributed by atoms with Gasteiger partial charge in [0.15, 0.2) is 0 Å². The van der Waals surface area contributed by atoms with Crippen molar-refractivity contribution in [2.75, 3.05) is 4.90 Å². The van der Waals surface area contributed by atoms with E-state index in [1.807, 2.05) is 47.0 Å². The molecule has 2 aromatic heterocycles. The molecule has 58 heavy (non-hydrogen) atoms. The third-order valence-corrected chi connectivity index (χ3v) is 12.2. The molecule has 0 saturated carbocycles. The van der Waals surface area contributed by atoms with Gasteiger partial charge in [-0.25, -0.2) is 0 Å². The Morgan fingerprint density at radius 3 is 1.64 bits per heavy atom. The zero-order chi connectivity index (χ0) is 38.4. The maximum atomic E-state index is 15.0. The van der Waals surface area contributed by atoms with Gasteiger partial charge in [-0.2, -0.15) is 0 Å². The predicted molar refractivity (Wildman–Crippen MR) is 236 cm³/mol. The summed E-state index contributed by atoms with van der Waals surface area (Å²) in [6.07, 6.45) is 0. The molecule has 4 nitrogen and oxygen atoms in total. The molecule has 2 aliphatic heterocycles. The number of fused-ring (bicyclic) bond motifs is 10. The maximum absolute atomic E-state index is 15.0. The highest BCUT2D eigenvalue weighted by atomic mass is 16.3. The molecule has 10 aromatic rings. The van der Waals surface area contributed by atoms with Crippen LogP contribution in [0.25, 0.3) is 61.1 Å². The van der Waals surface area contributed by atoms with Gasteiger partial charge in [-0.1, -0.05) is 164 Å². The third kappa shape index (κ3) is 4.48. The highest BCUT2D eigenvalue weighted by molar-refractivity contribution is 6.09. The topological polar surface area (TPSA) is 38.4 Å². The van der Waals surface area contributed by atoms with E-state index < -0.39 is 5.41 Å². The molecule has 0 radical (unpaired) electrons. The molecule has 1 atom stereocenters. The Morgan fingerprint density at radius 1 is 0.397 bits per heavy atom. The van der Waals surface area contributed by atoms with Crippen LogP contribution in [0.1, 0.15) is 22.3 Å². The van der Waals surface area contributed by atoms with Gasteiger partial charge in [-0.15, -0.1) is 0 Å². The fourth-order valence-electron chi connectivity index (χ4n) is 9.76. The van der Waals surface area contributed by atoms with Crippen molar-refractivity contribution in [2.24, 2.45) is 0 Å². The van der Waals surface area contributed by atoms with Gasteiger partial charge in [-0.05, 0) is 87.0 Å². The van der Waals surface area contributed by atoms with E-state index >= 15 is 0 Å². The minimum absolute atomic E-state index is 0.165. The summed E-state index contributed by atoms with van der Waals surface area (Å²) >= 11 is 0. The minimum Gasteiger partial charge on any atom is -0.450 e. The lowest BCUT2D eigenvalue weighted by molar-refractivity contribution is 0.622. The maximum Gasteiger partial charge on any atom is 0.299 e.